The molecule has 0 amide bonds. The molecule has 2 aromatic rings. The molecule has 0 unspecified atom stereocenters. The van der Waals surface area contributed by atoms with Gasteiger partial charge in [-0.05, 0) is 24.1 Å². The first-order chi connectivity index (χ1) is 7.26. The lowest BCUT2D eigenvalue weighted by molar-refractivity contribution is 0.732. The third-order valence-corrected chi connectivity index (χ3v) is 3.17. The SMILES string of the molecule is CCc1cn(CCN)c2cc(Br)ccc12. The van der Waals surface area contributed by atoms with Gasteiger partial charge in [-0.1, -0.05) is 28.9 Å². The Bertz CT molecular complexity index is 474. The summed E-state index contributed by atoms with van der Waals surface area (Å²) in [5.41, 5.74) is 8.27. The maximum absolute atomic E-state index is 5.61. The smallest absolute Gasteiger partial charge is 0.0494 e. The largest absolute Gasteiger partial charge is 0.346 e. The molecule has 3 heteroatoms. The first-order valence-electron chi connectivity index (χ1n) is 5.23. The second-order valence-corrected chi connectivity index (χ2v) is 4.57. The Morgan fingerprint density at radius 2 is 2.20 bits per heavy atom. The standard InChI is InChI=1S/C12H15BrN2/c1-2-9-8-15(6-5-14)12-7-10(13)3-4-11(9)12/h3-4,7-8H,2,5-6,14H2,1H3. The number of benzene rings is 1. The summed E-state index contributed by atoms with van der Waals surface area (Å²) in [6, 6.07) is 6.42. The zero-order valence-electron chi connectivity index (χ0n) is 8.83. The Morgan fingerprint density at radius 3 is 2.87 bits per heavy atom. The molecule has 80 valence electrons. The molecular formula is C12H15BrN2. The van der Waals surface area contributed by atoms with Crippen LogP contribution >= 0.6 is 15.9 Å². The molecule has 1 aromatic heterocycles. The van der Waals surface area contributed by atoms with E-state index in [9.17, 15) is 0 Å². The lowest BCUT2D eigenvalue weighted by Gasteiger charge is -2.02. The lowest BCUT2D eigenvalue weighted by Crippen LogP contribution is -2.08. The van der Waals surface area contributed by atoms with Crippen LogP contribution in [0.3, 0.4) is 0 Å². The molecule has 0 aliphatic rings. The summed E-state index contributed by atoms with van der Waals surface area (Å²) >= 11 is 3.50. The topological polar surface area (TPSA) is 30.9 Å². The van der Waals surface area contributed by atoms with Crippen molar-refractivity contribution in [3.63, 3.8) is 0 Å². The predicted molar refractivity (Wildman–Crippen MR) is 68.1 cm³/mol. The summed E-state index contributed by atoms with van der Waals surface area (Å²) in [5.74, 6) is 0. The van der Waals surface area contributed by atoms with Crippen LogP contribution in [0.5, 0.6) is 0 Å². The van der Waals surface area contributed by atoms with E-state index in [1.807, 2.05) is 0 Å². The number of nitrogens with two attached hydrogens (primary N) is 1. The van der Waals surface area contributed by atoms with Crippen LogP contribution in [0.4, 0.5) is 0 Å². The molecule has 1 aromatic carbocycles. The molecule has 0 bridgehead atoms. The van der Waals surface area contributed by atoms with Gasteiger partial charge in [0.05, 0.1) is 0 Å². The number of aryl methyl sites for hydroxylation is 1. The Hall–Kier alpha value is -0.800. The lowest BCUT2D eigenvalue weighted by atomic mass is 10.1. The average molecular weight is 267 g/mol. The summed E-state index contributed by atoms with van der Waals surface area (Å²) in [5, 5.41) is 1.34. The molecule has 15 heavy (non-hydrogen) atoms. The van der Waals surface area contributed by atoms with E-state index in [4.69, 9.17) is 5.73 Å². The Labute approximate surface area is 98.2 Å². The number of aromatic nitrogens is 1. The highest BCUT2D eigenvalue weighted by Gasteiger charge is 2.06. The highest BCUT2D eigenvalue weighted by Crippen LogP contribution is 2.25. The second kappa shape index (κ2) is 4.37. The molecule has 0 aliphatic carbocycles. The van der Waals surface area contributed by atoms with Gasteiger partial charge >= 0.3 is 0 Å². The van der Waals surface area contributed by atoms with Gasteiger partial charge in [0.25, 0.3) is 0 Å². The quantitative estimate of drug-likeness (QED) is 0.910. The third kappa shape index (κ3) is 1.94. The van der Waals surface area contributed by atoms with Crippen LogP contribution in [0.15, 0.2) is 28.9 Å². The van der Waals surface area contributed by atoms with Gasteiger partial charge in [0.15, 0.2) is 0 Å². The molecule has 0 saturated heterocycles. The van der Waals surface area contributed by atoms with Gasteiger partial charge in [-0.15, -0.1) is 0 Å². The average Bonchev–Trinajstić information content (AvgIpc) is 2.57. The Kier molecular flexibility index (Phi) is 3.12. The van der Waals surface area contributed by atoms with E-state index in [2.05, 4.69) is 51.8 Å². The second-order valence-electron chi connectivity index (χ2n) is 3.65. The maximum atomic E-state index is 5.61. The molecule has 0 atom stereocenters. The molecule has 0 spiro atoms. The molecule has 2 rings (SSSR count). The van der Waals surface area contributed by atoms with Crippen LogP contribution in [0.2, 0.25) is 0 Å². The van der Waals surface area contributed by atoms with Gasteiger partial charge in [-0.3, -0.25) is 0 Å². The number of hydrogen-bond acceptors (Lipinski definition) is 1. The molecule has 0 fully saturated rings. The molecule has 0 saturated carbocycles. The highest BCUT2D eigenvalue weighted by molar-refractivity contribution is 9.10. The fourth-order valence-electron chi connectivity index (χ4n) is 1.95. The highest BCUT2D eigenvalue weighted by atomic mass is 79.9. The fraction of sp³-hybridized carbons (Fsp3) is 0.333. The van der Waals surface area contributed by atoms with Crippen molar-refractivity contribution in [3.8, 4) is 0 Å². The van der Waals surface area contributed by atoms with E-state index < -0.39 is 0 Å². The van der Waals surface area contributed by atoms with Crippen molar-refractivity contribution in [1.82, 2.24) is 4.57 Å². The third-order valence-electron chi connectivity index (χ3n) is 2.68. The van der Waals surface area contributed by atoms with E-state index in [-0.39, 0.29) is 0 Å². The Balaban J connectivity index is 2.64. The van der Waals surface area contributed by atoms with Gasteiger partial charge in [-0.2, -0.15) is 0 Å². The van der Waals surface area contributed by atoms with Crippen LogP contribution in [0.1, 0.15) is 12.5 Å². The summed E-state index contributed by atoms with van der Waals surface area (Å²) < 4.78 is 3.35. The van der Waals surface area contributed by atoms with E-state index in [0.29, 0.717) is 6.54 Å². The number of halogens is 1. The summed E-state index contributed by atoms with van der Waals surface area (Å²) in [6.45, 7) is 3.75. The van der Waals surface area contributed by atoms with Crippen molar-refractivity contribution in [1.29, 1.82) is 0 Å². The minimum absolute atomic E-state index is 0.680. The van der Waals surface area contributed by atoms with Gasteiger partial charge in [0.2, 0.25) is 0 Å². The number of hydrogen-bond donors (Lipinski definition) is 1. The van der Waals surface area contributed by atoms with Crippen molar-refractivity contribution in [2.24, 2.45) is 5.73 Å². The zero-order valence-corrected chi connectivity index (χ0v) is 10.4. The van der Waals surface area contributed by atoms with Crippen molar-refractivity contribution >= 4 is 26.8 Å². The molecule has 2 nitrogen and oxygen atoms in total. The fourth-order valence-corrected chi connectivity index (χ4v) is 2.30. The molecule has 2 N–H and O–H groups in total. The summed E-state index contributed by atoms with van der Waals surface area (Å²) in [6.07, 6.45) is 3.28. The minimum Gasteiger partial charge on any atom is -0.346 e. The summed E-state index contributed by atoms with van der Waals surface area (Å²) in [7, 11) is 0. The summed E-state index contributed by atoms with van der Waals surface area (Å²) in [4.78, 5) is 0. The first-order valence-corrected chi connectivity index (χ1v) is 6.03. The number of rotatable bonds is 3. The molecule has 0 aliphatic heterocycles. The van der Waals surface area contributed by atoms with Crippen LogP contribution in [-0.4, -0.2) is 11.1 Å². The van der Waals surface area contributed by atoms with Crippen LogP contribution in [0, 0.1) is 0 Å². The van der Waals surface area contributed by atoms with Gasteiger partial charge in [-0.25, -0.2) is 0 Å². The zero-order chi connectivity index (χ0) is 10.8. The monoisotopic (exact) mass is 266 g/mol. The van der Waals surface area contributed by atoms with Crippen molar-refractivity contribution in [2.45, 2.75) is 19.9 Å². The Morgan fingerprint density at radius 1 is 1.40 bits per heavy atom. The number of nitrogens with zero attached hydrogens (tertiary/aromatic N) is 1. The van der Waals surface area contributed by atoms with Crippen LogP contribution in [0.25, 0.3) is 10.9 Å². The van der Waals surface area contributed by atoms with Crippen molar-refractivity contribution in [3.05, 3.63) is 34.4 Å². The number of fused-ring (bicyclic) bond motifs is 1. The van der Waals surface area contributed by atoms with Crippen LogP contribution in [-0.2, 0) is 13.0 Å². The van der Waals surface area contributed by atoms with Gasteiger partial charge in [0.1, 0.15) is 0 Å². The maximum Gasteiger partial charge on any atom is 0.0494 e. The molecule has 1 heterocycles. The van der Waals surface area contributed by atoms with Crippen LogP contribution < -0.4 is 5.73 Å². The van der Waals surface area contributed by atoms with E-state index in [0.717, 1.165) is 17.4 Å². The van der Waals surface area contributed by atoms with Crippen molar-refractivity contribution in [2.75, 3.05) is 6.54 Å². The first kappa shape index (κ1) is 10.7. The minimum atomic E-state index is 0.680. The van der Waals surface area contributed by atoms with Gasteiger partial charge < -0.3 is 10.3 Å². The van der Waals surface area contributed by atoms with E-state index in [1.165, 1.54) is 16.5 Å². The normalized spacial score (nSPS) is 11.1. The van der Waals surface area contributed by atoms with Crippen molar-refractivity contribution < 1.29 is 0 Å². The predicted octanol–water partition coefficient (Wildman–Crippen LogP) is 2.92. The molecular weight excluding hydrogens is 252 g/mol. The van der Waals surface area contributed by atoms with Gasteiger partial charge in [0, 0.05) is 34.7 Å². The van der Waals surface area contributed by atoms with E-state index in [1.54, 1.807) is 0 Å². The molecule has 0 radical (unpaired) electrons. The van der Waals surface area contributed by atoms with E-state index >= 15 is 0 Å².